The second kappa shape index (κ2) is 5.56. The maximum absolute atomic E-state index is 11.7. The number of benzene rings is 2. The van der Waals surface area contributed by atoms with Crippen LogP contribution in [0.1, 0.15) is 23.7 Å². The minimum atomic E-state index is -0.472. The van der Waals surface area contributed by atoms with E-state index in [1.807, 2.05) is 18.2 Å². The normalized spacial score (nSPS) is 21.9. The first-order valence-electron chi connectivity index (χ1n) is 7.74. The summed E-state index contributed by atoms with van der Waals surface area (Å²) in [5.41, 5.74) is 1.67. The van der Waals surface area contributed by atoms with Crippen LogP contribution < -0.4 is 14.2 Å². The second-order valence-electron chi connectivity index (χ2n) is 5.81. The van der Waals surface area contributed by atoms with E-state index in [-0.39, 0.29) is 18.5 Å². The van der Waals surface area contributed by atoms with Crippen molar-refractivity contribution in [2.45, 2.75) is 25.2 Å². The molecule has 1 fully saturated rings. The SMILES string of the molecule is COc1c2c(c(OC)c3c(OC)cccc13)CO[C@@H]1CC(=O)O[C@H]21. The molecule has 2 aliphatic rings. The molecule has 0 saturated carbocycles. The van der Waals surface area contributed by atoms with Crippen molar-refractivity contribution < 1.29 is 28.5 Å². The Bertz CT molecular complexity index is 828. The summed E-state index contributed by atoms with van der Waals surface area (Å²) in [6, 6.07) is 5.71. The highest BCUT2D eigenvalue weighted by molar-refractivity contribution is 6.00. The van der Waals surface area contributed by atoms with Gasteiger partial charge in [-0.1, -0.05) is 12.1 Å². The van der Waals surface area contributed by atoms with Crippen LogP contribution in [-0.4, -0.2) is 33.4 Å². The first-order valence-corrected chi connectivity index (χ1v) is 7.74. The molecular weight excluding hydrogens is 312 g/mol. The van der Waals surface area contributed by atoms with Crippen molar-refractivity contribution in [1.29, 1.82) is 0 Å². The smallest absolute Gasteiger partial charge is 0.309 e. The molecule has 2 atom stereocenters. The lowest BCUT2D eigenvalue weighted by Crippen LogP contribution is -2.25. The zero-order valence-electron chi connectivity index (χ0n) is 13.8. The van der Waals surface area contributed by atoms with E-state index >= 15 is 0 Å². The summed E-state index contributed by atoms with van der Waals surface area (Å²) in [5, 5.41) is 1.68. The highest BCUT2D eigenvalue weighted by Gasteiger charge is 2.44. The van der Waals surface area contributed by atoms with Crippen molar-refractivity contribution in [3.63, 3.8) is 0 Å². The Kier molecular flexibility index (Phi) is 3.49. The van der Waals surface area contributed by atoms with Crippen LogP contribution >= 0.6 is 0 Å². The lowest BCUT2D eigenvalue weighted by atomic mass is 9.90. The highest BCUT2D eigenvalue weighted by Crippen LogP contribution is 2.52. The average molecular weight is 330 g/mol. The fraction of sp³-hybridized carbons (Fsp3) is 0.389. The zero-order chi connectivity index (χ0) is 16.8. The van der Waals surface area contributed by atoms with Gasteiger partial charge in [0.2, 0.25) is 0 Å². The molecule has 24 heavy (non-hydrogen) atoms. The van der Waals surface area contributed by atoms with Gasteiger partial charge in [-0.15, -0.1) is 0 Å². The molecule has 2 heterocycles. The van der Waals surface area contributed by atoms with E-state index in [9.17, 15) is 4.79 Å². The Morgan fingerprint density at radius 2 is 1.88 bits per heavy atom. The molecule has 2 aromatic rings. The molecule has 6 heteroatoms. The van der Waals surface area contributed by atoms with E-state index in [4.69, 9.17) is 23.7 Å². The van der Waals surface area contributed by atoms with Gasteiger partial charge in [-0.25, -0.2) is 0 Å². The quantitative estimate of drug-likeness (QED) is 0.807. The summed E-state index contributed by atoms with van der Waals surface area (Å²) in [5.74, 6) is 1.77. The molecule has 0 amide bonds. The highest BCUT2D eigenvalue weighted by atomic mass is 16.6. The van der Waals surface area contributed by atoms with Crippen molar-refractivity contribution >= 4 is 16.7 Å². The minimum Gasteiger partial charge on any atom is -0.496 e. The Morgan fingerprint density at radius 1 is 1.08 bits per heavy atom. The number of hydrogen-bond donors (Lipinski definition) is 0. The number of ether oxygens (including phenoxy) is 5. The van der Waals surface area contributed by atoms with Gasteiger partial charge in [0.25, 0.3) is 0 Å². The van der Waals surface area contributed by atoms with E-state index in [1.54, 1.807) is 21.3 Å². The second-order valence-corrected chi connectivity index (χ2v) is 5.81. The largest absolute Gasteiger partial charge is 0.496 e. The topological polar surface area (TPSA) is 63.2 Å². The van der Waals surface area contributed by atoms with E-state index in [0.717, 1.165) is 21.9 Å². The van der Waals surface area contributed by atoms with Gasteiger partial charge in [0.1, 0.15) is 23.4 Å². The Balaban J connectivity index is 2.09. The lowest BCUT2D eigenvalue weighted by molar-refractivity contribution is -0.142. The van der Waals surface area contributed by atoms with Crippen LogP contribution in [0.3, 0.4) is 0 Å². The number of hydrogen-bond acceptors (Lipinski definition) is 6. The molecule has 0 N–H and O–H groups in total. The zero-order valence-corrected chi connectivity index (χ0v) is 13.8. The molecule has 1 saturated heterocycles. The summed E-state index contributed by atoms with van der Waals surface area (Å²) in [6.45, 7) is 0.334. The summed E-state index contributed by atoms with van der Waals surface area (Å²) in [7, 11) is 4.84. The van der Waals surface area contributed by atoms with Crippen LogP contribution in [0, 0.1) is 0 Å². The predicted molar refractivity (Wildman–Crippen MR) is 85.6 cm³/mol. The summed E-state index contributed by atoms with van der Waals surface area (Å²) >= 11 is 0. The van der Waals surface area contributed by atoms with Crippen LogP contribution in [0.25, 0.3) is 10.8 Å². The molecule has 0 unspecified atom stereocenters. The number of fused-ring (bicyclic) bond motifs is 4. The molecule has 0 aromatic heterocycles. The van der Waals surface area contributed by atoms with Gasteiger partial charge in [-0.2, -0.15) is 0 Å². The van der Waals surface area contributed by atoms with Crippen molar-refractivity contribution in [2.75, 3.05) is 21.3 Å². The van der Waals surface area contributed by atoms with E-state index < -0.39 is 6.10 Å². The number of methoxy groups -OCH3 is 3. The fourth-order valence-electron chi connectivity index (χ4n) is 3.69. The van der Waals surface area contributed by atoms with Gasteiger partial charge >= 0.3 is 5.97 Å². The third-order valence-corrected chi connectivity index (χ3v) is 4.66. The maximum Gasteiger partial charge on any atom is 0.309 e. The number of carbonyl (C=O) groups excluding carboxylic acids is 1. The predicted octanol–water partition coefficient (Wildman–Crippen LogP) is 2.75. The van der Waals surface area contributed by atoms with Gasteiger partial charge < -0.3 is 23.7 Å². The average Bonchev–Trinajstić information content (AvgIpc) is 2.99. The summed E-state index contributed by atoms with van der Waals surface area (Å²) < 4.78 is 28.2. The van der Waals surface area contributed by atoms with Gasteiger partial charge in [0.05, 0.1) is 39.7 Å². The number of rotatable bonds is 3. The Labute approximate surface area is 139 Å². The molecule has 126 valence electrons. The van der Waals surface area contributed by atoms with Gasteiger partial charge in [-0.05, 0) is 6.07 Å². The van der Waals surface area contributed by atoms with Gasteiger partial charge in [0.15, 0.2) is 6.10 Å². The molecule has 4 rings (SSSR count). The van der Waals surface area contributed by atoms with Crippen molar-refractivity contribution in [2.24, 2.45) is 0 Å². The molecular formula is C18H18O6. The molecule has 0 spiro atoms. The minimum absolute atomic E-state index is 0.256. The number of carbonyl (C=O) groups is 1. The third-order valence-electron chi connectivity index (χ3n) is 4.66. The van der Waals surface area contributed by atoms with Gasteiger partial charge in [-0.3, -0.25) is 4.79 Å². The van der Waals surface area contributed by atoms with Crippen molar-refractivity contribution in [3.8, 4) is 17.2 Å². The third kappa shape index (κ3) is 1.96. The van der Waals surface area contributed by atoms with Crippen LogP contribution in [0.5, 0.6) is 17.2 Å². The van der Waals surface area contributed by atoms with Crippen LogP contribution in [0.2, 0.25) is 0 Å². The molecule has 6 nitrogen and oxygen atoms in total. The first kappa shape index (κ1) is 15.1. The monoisotopic (exact) mass is 330 g/mol. The molecule has 0 aliphatic carbocycles. The molecule has 2 aromatic carbocycles. The van der Waals surface area contributed by atoms with Crippen molar-refractivity contribution in [3.05, 3.63) is 29.3 Å². The first-order chi connectivity index (χ1) is 11.7. The lowest BCUT2D eigenvalue weighted by Gasteiger charge is -2.30. The maximum atomic E-state index is 11.7. The molecule has 2 aliphatic heterocycles. The van der Waals surface area contributed by atoms with Crippen LogP contribution in [0.4, 0.5) is 0 Å². The Hall–Kier alpha value is -2.47. The van der Waals surface area contributed by atoms with E-state index in [1.165, 1.54) is 0 Å². The molecule has 0 radical (unpaired) electrons. The van der Waals surface area contributed by atoms with Crippen LogP contribution in [0.15, 0.2) is 18.2 Å². The fourth-order valence-corrected chi connectivity index (χ4v) is 3.69. The molecule has 0 bridgehead atoms. The summed E-state index contributed by atoms with van der Waals surface area (Å²) in [6.07, 6.45) is -0.501. The van der Waals surface area contributed by atoms with E-state index in [0.29, 0.717) is 23.9 Å². The van der Waals surface area contributed by atoms with Crippen LogP contribution in [-0.2, 0) is 20.9 Å². The Morgan fingerprint density at radius 3 is 2.58 bits per heavy atom. The van der Waals surface area contributed by atoms with E-state index in [2.05, 4.69) is 0 Å². The van der Waals surface area contributed by atoms with Gasteiger partial charge in [0, 0.05) is 16.5 Å². The standard InChI is InChI=1S/C18H18O6/c1-20-11-6-4-5-9-14(11)17(22-3)10-8-23-12-7-13(19)24-18(12)15(10)16(9)21-2/h4-6,12,18H,7-8H2,1-3H3/t12-,18+/m1/s1. The summed E-state index contributed by atoms with van der Waals surface area (Å²) in [4.78, 5) is 11.7. The van der Waals surface area contributed by atoms with Crippen molar-refractivity contribution in [1.82, 2.24) is 0 Å². The number of esters is 1.